The van der Waals surface area contributed by atoms with Crippen LogP contribution in [0.5, 0.6) is 0 Å². The van der Waals surface area contributed by atoms with Gasteiger partial charge in [-0.25, -0.2) is 0 Å². The summed E-state index contributed by atoms with van der Waals surface area (Å²) >= 11 is 0. The highest BCUT2D eigenvalue weighted by Crippen LogP contribution is 2.50. The van der Waals surface area contributed by atoms with Crippen molar-refractivity contribution in [3.05, 3.63) is 0 Å². The Hall–Kier alpha value is -0.240. The summed E-state index contributed by atoms with van der Waals surface area (Å²) in [7, 11) is 6.99. The number of hydrogen-bond acceptors (Lipinski definition) is 6. The molecule has 2 saturated heterocycles. The Morgan fingerprint density at radius 1 is 0.741 bits per heavy atom. The van der Waals surface area contributed by atoms with E-state index < -0.39 is 0 Å². The first-order valence-corrected chi connectivity index (χ1v) is 9.86. The Bertz CT molecular complexity index is 432. The molecule has 0 aromatic rings. The number of hydrogen-bond donors (Lipinski definition) is 0. The minimum atomic E-state index is -0.145. The van der Waals surface area contributed by atoms with E-state index in [1.54, 1.807) is 28.4 Å². The maximum Gasteiger partial charge on any atom is 0.118 e. The van der Waals surface area contributed by atoms with Gasteiger partial charge in [-0.15, -0.1) is 0 Å². The van der Waals surface area contributed by atoms with Crippen LogP contribution in [0.4, 0.5) is 0 Å². The van der Waals surface area contributed by atoms with Crippen LogP contribution in [0, 0.1) is 11.8 Å². The Labute approximate surface area is 165 Å². The predicted molar refractivity (Wildman–Crippen MR) is 104 cm³/mol. The lowest BCUT2D eigenvalue weighted by Gasteiger charge is -2.30. The third-order valence-electron chi connectivity index (χ3n) is 6.95. The Balaban J connectivity index is 0.000000187. The monoisotopic (exact) mass is 388 g/mol. The molecule has 4 rings (SSSR count). The van der Waals surface area contributed by atoms with Crippen molar-refractivity contribution in [2.45, 2.75) is 82.6 Å². The number of ether oxygens (including phenoxy) is 6. The summed E-state index contributed by atoms with van der Waals surface area (Å²) in [6, 6.07) is 0. The van der Waals surface area contributed by atoms with Crippen LogP contribution in [-0.2, 0) is 28.4 Å². The molecule has 0 aromatic carbocycles. The summed E-state index contributed by atoms with van der Waals surface area (Å²) < 4.78 is 33.4. The second-order valence-electron chi connectivity index (χ2n) is 8.36. The van der Waals surface area contributed by atoms with E-state index in [0.717, 1.165) is 12.8 Å². The van der Waals surface area contributed by atoms with Gasteiger partial charge < -0.3 is 28.4 Å². The number of methoxy groups -OCH3 is 4. The van der Waals surface area contributed by atoms with Crippen molar-refractivity contribution in [1.29, 1.82) is 0 Å². The second kappa shape index (κ2) is 9.06. The van der Waals surface area contributed by atoms with E-state index in [9.17, 15) is 0 Å². The molecule has 160 valence electrons. The molecule has 0 radical (unpaired) electrons. The summed E-state index contributed by atoms with van der Waals surface area (Å²) in [5.74, 6) is 1.14. The Morgan fingerprint density at radius 2 is 1.11 bits per heavy atom. The third-order valence-corrected chi connectivity index (χ3v) is 6.95. The average molecular weight is 389 g/mol. The molecule has 4 bridgehead atoms. The van der Waals surface area contributed by atoms with Crippen molar-refractivity contribution < 1.29 is 28.4 Å². The van der Waals surface area contributed by atoms with Crippen LogP contribution >= 0.6 is 0 Å². The zero-order valence-electron chi connectivity index (χ0n) is 17.2. The Kier molecular flexibility index (Phi) is 7.73. The van der Waals surface area contributed by atoms with Crippen LogP contribution in [0.15, 0.2) is 0 Å². The molecule has 6 heteroatoms. The fourth-order valence-corrected chi connectivity index (χ4v) is 5.96. The molecule has 0 amide bonds. The lowest BCUT2D eigenvalue weighted by atomic mass is 9.99. The molecule has 2 saturated carbocycles. The van der Waals surface area contributed by atoms with Crippen molar-refractivity contribution in [3.63, 3.8) is 0 Å². The second-order valence-corrected chi connectivity index (χ2v) is 8.36. The summed E-state index contributed by atoms with van der Waals surface area (Å²) in [5.41, 5.74) is -0.291. The van der Waals surface area contributed by atoms with E-state index >= 15 is 0 Å². The molecule has 0 N–H and O–H groups in total. The SMILES string of the molecule is C.COC[C@@]12CC[C@H](C1OC)[C@H](C)O2.COC[C@]12CC[C@@H](C1OC)[C@H](C)O2. The smallest absolute Gasteiger partial charge is 0.118 e. The van der Waals surface area contributed by atoms with E-state index in [2.05, 4.69) is 13.8 Å². The predicted octanol–water partition coefficient (Wildman–Crippen LogP) is 3.07. The molecule has 0 spiro atoms. The van der Waals surface area contributed by atoms with Gasteiger partial charge in [-0.2, -0.15) is 0 Å². The van der Waals surface area contributed by atoms with Gasteiger partial charge in [0.25, 0.3) is 0 Å². The molecule has 8 atom stereocenters. The number of fused-ring (bicyclic) bond motifs is 4. The van der Waals surface area contributed by atoms with Crippen LogP contribution in [-0.4, -0.2) is 77.3 Å². The highest BCUT2D eigenvalue weighted by atomic mass is 16.6. The van der Waals surface area contributed by atoms with Crippen LogP contribution < -0.4 is 0 Å². The summed E-state index contributed by atoms with van der Waals surface area (Å²) in [5, 5.41) is 0. The minimum absolute atomic E-state index is 0. The quantitative estimate of drug-likeness (QED) is 0.697. The summed E-state index contributed by atoms with van der Waals surface area (Å²) in [6.45, 7) is 5.58. The van der Waals surface area contributed by atoms with Crippen molar-refractivity contribution in [2.24, 2.45) is 11.8 Å². The van der Waals surface area contributed by atoms with Gasteiger partial charge in [-0.1, -0.05) is 7.43 Å². The maximum absolute atomic E-state index is 5.94. The standard InChI is InChI=1S/2C10H18O3.CH4/c2*1-7-8-4-5-10(13-7,6-11-2)9(8)12-3;/h2*7-9H,4-6H2,1-3H3;1H4/t7-,8+,9?,10+;7-,8-,9?,10-;/m00./s1. The fraction of sp³-hybridized carbons (Fsp3) is 1.00. The van der Waals surface area contributed by atoms with Gasteiger partial charge in [-0.05, 0) is 39.5 Å². The topological polar surface area (TPSA) is 55.4 Å². The molecule has 2 unspecified atom stereocenters. The lowest BCUT2D eigenvalue weighted by Crippen LogP contribution is -2.42. The first kappa shape index (κ1) is 23.0. The first-order chi connectivity index (χ1) is 12.5. The van der Waals surface area contributed by atoms with E-state index in [1.165, 1.54) is 12.8 Å². The van der Waals surface area contributed by atoms with Crippen LogP contribution in [0.3, 0.4) is 0 Å². The van der Waals surface area contributed by atoms with Gasteiger partial charge in [0.2, 0.25) is 0 Å². The van der Waals surface area contributed by atoms with Gasteiger partial charge in [0, 0.05) is 40.3 Å². The molecule has 4 aliphatic rings. The van der Waals surface area contributed by atoms with Gasteiger partial charge in [-0.3, -0.25) is 0 Å². The molecule has 2 aliphatic heterocycles. The van der Waals surface area contributed by atoms with Gasteiger partial charge in [0.15, 0.2) is 0 Å². The summed E-state index contributed by atoms with van der Waals surface area (Å²) in [6.07, 6.45) is 5.71. The van der Waals surface area contributed by atoms with Gasteiger partial charge in [0.1, 0.15) is 11.2 Å². The normalized spacial score (nSPS) is 46.9. The number of rotatable bonds is 6. The van der Waals surface area contributed by atoms with Crippen LogP contribution in [0.1, 0.15) is 47.0 Å². The Morgan fingerprint density at radius 3 is 1.37 bits per heavy atom. The highest BCUT2D eigenvalue weighted by Gasteiger charge is 2.59. The van der Waals surface area contributed by atoms with Crippen molar-refractivity contribution in [1.82, 2.24) is 0 Å². The molecule has 27 heavy (non-hydrogen) atoms. The first-order valence-electron chi connectivity index (χ1n) is 9.86. The zero-order chi connectivity index (χ0) is 18.9. The molecular weight excluding hydrogens is 348 g/mol. The molecule has 0 aromatic heterocycles. The van der Waals surface area contributed by atoms with Crippen LogP contribution in [0.25, 0.3) is 0 Å². The van der Waals surface area contributed by atoms with Gasteiger partial charge >= 0.3 is 0 Å². The molecule has 6 nitrogen and oxygen atoms in total. The lowest BCUT2D eigenvalue weighted by molar-refractivity contribution is -0.126. The van der Waals surface area contributed by atoms with E-state index in [4.69, 9.17) is 28.4 Å². The summed E-state index contributed by atoms with van der Waals surface area (Å²) in [4.78, 5) is 0. The van der Waals surface area contributed by atoms with Crippen LogP contribution in [0.2, 0.25) is 0 Å². The average Bonchev–Trinajstić information content (AvgIpc) is 3.28. The molecule has 4 fully saturated rings. The molecular formula is C21H40O6. The van der Waals surface area contributed by atoms with E-state index in [0.29, 0.717) is 37.3 Å². The highest BCUT2D eigenvalue weighted by molar-refractivity contribution is 5.08. The molecule has 2 aliphatic carbocycles. The maximum atomic E-state index is 5.94. The fourth-order valence-electron chi connectivity index (χ4n) is 5.96. The van der Waals surface area contributed by atoms with E-state index in [-0.39, 0.29) is 30.8 Å². The largest absolute Gasteiger partial charge is 0.382 e. The van der Waals surface area contributed by atoms with E-state index in [1.807, 2.05) is 0 Å². The zero-order valence-corrected chi connectivity index (χ0v) is 17.2. The van der Waals surface area contributed by atoms with Crippen molar-refractivity contribution in [2.75, 3.05) is 41.7 Å². The minimum Gasteiger partial charge on any atom is -0.382 e. The molecule has 2 heterocycles. The van der Waals surface area contributed by atoms with Gasteiger partial charge in [0.05, 0.1) is 37.6 Å². The van der Waals surface area contributed by atoms with Crippen molar-refractivity contribution in [3.8, 4) is 0 Å². The third kappa shape index (κ3) is 3.81. The van der Waals surface area contributed by atoms with Crippen molar-refractivity contribution >= 4 is 0 Å².